The van der Waals surface area contributed by atoms with Crippen LogP contribution < -0.4 is 9.47 Å². The fourth-order valence-electron chi connectivity index (χ4n) is 2.59. The van der Waals surface area contributed by atoms with Crippen LogP contribution in [-0.2, 0) is 13.0 Å². The summed E-state index contributed by atoms with van der Waals surface area (Å²) < 4.78 is 10.7. The molecule has 1 atom stereocenters. The molecule has 1 unspecified atom stereocenters. The van der Waals surface area contributed by atoms with Gasteiger partial charge in [-0.1, -0.05) is 6.92 Å². The van der Waals surface area contributed by atoms with Gasteiger partial charge in [0.1, 0.15) is 11.5 Å². The van der Waals surface area contributed by atoms with Gasteiger partial charge in [-0.2, -0.15) is 0 Å². The third-order valence-electron chi connectivity index (χ3n) is 4.06. The van der Waals surface area contributed by atoms with Gasteiger partial charge in [0.05, 0.1) is 24.9 Å². The fourth-order valence-corrected chi connectivity index (χ4v) is 3.71. The summed E-state index contributed by atoms with van der Waals surface area (Å²) in [5.74, 6) is 1.64. The zero-order valence-corrected chi connectivity index (χ0v) is 15.7. The SMILES string of the molecule is CCc1nc(C)c(C(C)N(C)Cc2cc(OC)cc(OC)c2)s1. The lowest BCUT2D eigenvalue weighted by Gasteiger charge is -2.24. The van der Waals surface area contributed by atoms with E-state index in [1.807, 2.05) is 17.4 Å². The summed E-state index contributed by atoms with van der Waals surface area (Å²) in [6.07, 6.45) is 0.995. The van der Waals surface area contributed by atoms with Gasteiger partial charge in [0.15, 0.2) is 0 Å². The minimum atomic E-state index is 0.324. The van der Waals surface area contributed by atoms with Crippen molar-refractivity contribution in [1.82, 2.24) is 9.88 Å². The summed E-state index contributed by atoms with van der Waals surface area (Å²) in [5, 5.41) is 1.21. The third kappa shape index (κ3) is 4.24. The Morgan fingerprint density at radius 1 is 1.17 bits per heavy atom. The molecule has 0 amide bonds. The van der Waals surface area contributed by atoms with Gasteiger partial charge in [-0.05, 0) is 45.0 Å². The van der Waals surface area contributed by atoms with Crippen molar-refractivity contribution in [2.45, 2.75) is 39.8 Å². The zero-order valence-electron chi connectivity index (χ0n) is 14.8. The molecular formula is C18H26N2O2S. The smallest absolute Gasteiger partial charge is 0.122 e. The van der Waals surface area contributed by atoms with Crippen molar-refractivity contribution in [3.63, 3.8) is 0 Å². The molecule has 1 aromatic carbocycles. The lowest BCUT2D eigenvalue weighted by Crippen LogP contribution is -2.21. The Kier molecular flexibility index (Phi) is 6.02. The molecule has 0 saturated heterocycles. The molecule has 5 heteroatoms. The van der Waals surface area contributed by atoms with Crippen molar-refractivity contribution >= 4 is 11.3 Å². The van der Waals surface area contributed by atoms with Crippen LogP contribution in [0.25, 0.3) is 0 Å². The minimum Gasteiger partial charge on any atom is -0.497 e. The van der Waals surface area contributed by atoms with Gasteiger partial charge < -0.3 is 9.47 Å². The van der Waals surface area contributed by atoms with Crippen LogP contribution in [0.2, 0.25) is 0 Å². The number of rotatable bonds is 7. The van der Waals surface area contributed by atoms with Gasteiger partial charge in [-0.3, -0.25) is 4.90 Å². The number of aromatic nitrogens is 1. The lowest BCUT2D eigenvalue weighted by molar-refractivity contribution is 0.254. The highest BCUT2D eigenvalue weighted by atomic mass is 32.1. The maximum Gasteiger partial charge on any atom is 0.122 e. The minimum absolute atomic E-state index is 0.324. The largest absolute Gasteiger partial charge is 0.497 e. The number of methoxy groups -OCH3 is 2. The Morgan fingerprint density at radius 3 is 2.26 bits per heavy atom. The van der Waals surface area contributed by atoms with Crippen molar-refractivity contribution in [2.75, 3.05) is 21.3 Å². The number of nitrogens with zero attached hydrogens (tertiary/aromatic N) is 2. The molecule has 1 aromatic heterocycles. The number of aryl methyl sites for hydroxylation is 2. The summed E-state index contributed by atoms with van der Waals surface area (Å²) in [7, 11) is 5.50. The van der Waals surface area contributed by atoms with E-state index in [-0.39, 0.29) is 0 Å². The molecule has 0 aliphatic heterocycles. The zero-order chi connectivity index (χ0) is 17.0. The topological polar surface area (TPSA) is 34.6 Å². The van der Waals surface area contributed by atoms with Crippen LogP contribution in [0.5, 0.6) is 11.5 Å². The maximum absolute atomic E-state index is 5.35. The molecular weight excluding hydrogens is 308 g/mol. The van der Waals surface area contributed by atoms with Crippen LogP contribution in [0, 0.1) is 6.92 Å². The first-order valence-electron chi connectivity index (χ1n) is 7.86. The Labute approximate surface area is 143 Å². The first kappa shape index (κ1) is 17.8. The highest BCUT2D eigenvalue weighted by molar-refractivity contribution is 7.11. The average Bonchev–Trinajstić information content (AvgIpc) is 2.94. The van der Waals surface area contributed by atoms with E-state index < -0.39 is 0 Å². The Hall–Kier alpha value is -1.59. The van der Waals surface area contributed by atoms with E-state index in [1.54, 1.807) is 14.2 Å². The molecule has 0 bridgehead atoms. The molecule has 2 aromatic rings. The van der Waals surface area contributed by atoms with E-state index in [1.165, 1.54) is 15.4 Å². The second-order valence-electron chi connectivity index (χ2n) is 5.72. The average molecular weight is 334 g/mol. The van der Waals surface area contributed by atoms with E-state index in [4.69, 9.17) is 9.47 Å². The molecule has 4 nitrogen and oxygen atoms in total. The molecule has 0 radical (unpaired) electrons. The maximum atomic E-state index is 5.35. The molecule has 0 fully saturated rings. The van der Waals surface area contributed by atoms with E-state index in [2.05, 4.69) is 49.8 Å². The Balaban J connectivity index is 2.17. The third-order valence-corrected chi connectivity index (χ3v) is 5.54. The quantitative estimate of drug-likeness (QED) is 0.759. The number of thiazole rings is 1. The first-order valence-corrected chi connectivity index (χ1v) is 8.68. The van der Waals surface area contributed by atoms with Gasteiger partial charge in [0.2, 0.25) is 0 Å². The summed E-state index contributed by atoms with van der Waals surface area (Å²) in [4.78, 5) is 8.32. The number of ether oxygens (including phenoxy) is 2. The van der Waals surface area contributed by atoms with Crippen LogP contribution in [0.15, 0.2) is 18.2 Å². The summed E-state index contributed by atoms with van der Waals surface area (Å²) in [6.45, 7) is 7.31. The van der Waals surface area contributed by atoms with Gasteiger partial charge >= 0.3 is 0 Å². The van der Waals surface area contributed by atoms with E-state index in [0.29, 0.717) is 6.04 Å². The van der Waals surface area contributed by atoms with E-state index in [0.717, 1.165) is 30.2 Å². The number of hydrogen-bond acceptors (Lipinski definition) is 5. The van der Waals surface area contributed by atoms with Crippen LogP contribution in [0.1, 0.15) is 41.0 Å². The second-order valence-corrected chi connectivity index (χ2v) is 6.84. The van der Waals surface area contributed by atoms with Crippen molar-refractivity contribution < 1.29 is 9.47 Å². The van der Waals surface area contributed by atoms with Gasteiger partial charge in [-0.15, -0.1) is 11.3 Å². The van der Waals surface area contributed by atoms with Crippen LogP contribution in [0.4, 0.5) is 0 Å². The summed E-state index contributed by atoms with van der Waals surface area (Å²) >= 11 is 1.82. The van der Waals surface area contributed by atoms with Crippen LogP contribution in [0.3, 0.4) is 0 Å². The predicted molar refractivity (Wildman–Crippen MR) is 95.7 cm³/mol. The lowest BCUT2D eigenvalue weighted by atomic mass is 10.1. The molecule has 2 rings (SSSR count). The van der Waals surface area contributed by atoms with Gasteiger partial charge in [0, 0.05) is 23.5 Å². The molecule has 0 saturated carbocycles. The standard InChI is InChI=1S/C18H26N2O2S/c1-7-17-19-12(2)18(23-17)13(3)20(4)11-14-8-15(21-5)10-16(9-14)22-6/h8-10,13H,7,11H2,1-6H3. The highest BCUT2D eigenvalue weighted by Crippen LogP contribution is 2.31. The summed E-state index contributed by atoms with van der Waals surface area (Å²) in [5.41, 5.74) is 2.32. The number of hydrogen-bond donors (Lipinski definition) is 0. The van der Waals surface area contributed by atoms with E-state index >= 15 is 0 Å². The Bertz CT molecular complexity index is 632. The number of benzene rings is 1. The highest BCUT2D eigenvalue weighted by Gasteiger charge is 2.18. The van der Waals surface area contributed by atoms with E-state index in [9.17, 15) is 0 Å². The second kappa shape index (κ2) is 7.79. The molecule has 126 valence electrons. The van der Waals surface area contributed by atoms with Gasteiger partial charge in [-0.25, -0.2) is 4.98 Å². The van der Waals surface area contributed by atoms with Crippen LogP contribution >= 0.6 is 11.3 Å². The van der Waals surface area contributed by atoms with Crippen molar-refractivity contribution in [3.05, 3.63) is 39.3 Å². The molecule has 0 spiro atoms. The first-order chi connectivity index (χ1) is 11.0. The normalized spacial score (nSPS) is 12.5. The monoisotopic (exact) mass is 334 g/mol. The molecule has 0 N–H and O–H groups in total. The summed E-state index contributed by atoms with van der Waals surface area (Å²) in [6, 6.07) is 6.34. The van der Waals surface area contributed by atoms with Crippen LogP contribution in [-0.4, -0.2) is 31.2 Å². The molecule has 0 aliphatic carbocycles. The molecule has 1 heterocycles. The molecule has 23 heavy (non-hydrogen) atoms. The Morgan fingerprint density at radius 2 is 1.78 bits per heavy atom. The van der Waals surface area contributed by atoms with Gasteiger partial charge in [0.25, 0.3) is 0 Å². The molecule has 0 aliphatic rings. The van der Waals surface area contributed by atoms with Crippen molar-refractivity contribution in [3.8, 4) is 11.5 Å². The fraction of sp³-hybridized carbons (Fsp3) is 0.500. The van der Waals surface area contributed by atoms with Crippen molar-refractivity contribution in [1.29, 1.82) is 0 Å². The predicted octanol–water partition coefficient (Wildman–Crippen LogP) is 4.22. The van der Waals surface area contributed by atoms with Crippen molar-refractivity contribution in [2.24, 2.45) is 0 Å².